The van der Waals surface area contributed by atoms with Crippen LogP contribution < -0.4 is 0 Å². The van der Waals surface area contributed by atoms with Crippen LogP contribution in [0.25, 0.3) is 0 Å². The van der Waals surface area contributed by atoms with Gasteiger partial charge in [-0.05, 0) is 52.3 Å². The lowest BCUT2D eigenvalue weighted by molar-refractivity contribution is -0.103. The number of rotatable bonds is 6. The monoisotopic (exact) mass is 535 g/mol. The summed E-state index contributed by atoms with van der Waals surface area (Å²) in [6.07, 6.45) is -1.79. The molecule has 1 aromatic carbocycles. The van der Waals surface area contributed by atoms with Crippen molar-refractivity contribution in [2.45, 2.75) is 77.5 Å². The van der Waals surface area contributed by atoms with Crippen molar-refractivity contribution >= 4 is 12.0 Å². The predicted molar refractivity (Wildman–Crippen MR) is 133 cm³/mol. The van der Waals surface area contributed by atoms with Crippen LogP contribution in [0.5, 0.6) is 0 Å². The molecule has 0 aliphatic carbocycles. The number of benzene rings is 1. The summed E-state index contributed by atoms with van der Waals surface area (Å²) in [5.74, 6) is -1.32. The molecule has 2 aromatic rings. The SMILES string of the molecule is CCn1c(C(=O)N(C)OC)nc2c1CN([C@H]1CO[C@H](c3cc(F)ccc3F)[C@@H](N(C(=O)O)C(C)(C)C)C1)C2. The summed E-state index contributed by atoms with van der Waals surface area (Å²) in [5.41, 5.74) is 0.848. The lowest BCUT2D eigenvalue weighted by Crippen LogP contribution is -2.58. The maximum absolute atomic E-state index is 14.8. The van der Waals surface area contributed by atoms with E-state index in [9.17, 15) is 23.5 Å². The number of carbonyl (C=O) groups excluding carboxylic acids is 1. The van der Waals surface area contributed by atoms with Gasteiger partial charge >= 0.3 is 12.0 Å². The van der Waals surface area contributed by atoms with E-state index in [-0.39, 0.29) is 24.1 Å². The van der Waals surface area contributed by atoms with Crippen LogP contribution >= 0.6 is 0 Å². The Morgan fingerprint density at radius 1 is 1.26 bits per heavy atom. The van der Waals surface area contributed by atoms with E-state index in [1.54, 1.807) is 20.8 Å². The molecule has 4 rings (SSSR count). The van der Waals surface area contributed by atoms with E-state index in [4.69, 9.17) is 9.57 Å². The fourth-order valence-electron chi connectivity index (χ4n) is 5.51. The van der Waals surface area contributed by atoms with Crippen LogP contribution in [0.2, 0.25) is 0 Å². The van der Waals surface area contributed by atoms with Gasteiger partial charge in [0.25, 0.3) is 0 Å². The van der Waals surface area contributed by atoms with Crippen molar-refractivity contribution in [3.63, 3.8) is 0 Å². The van der Waals surface area contributed by atoms with E-state index in [0.717, 1.165) is 34.7 Å². The van der Waals surface area contributed by atoms with Gasteiger partial charge in [-0.3, -0.25) is 19.4 Å². The average Bonchev–Trinajstić information content (AvgIpc) is 3.41. The second-order valence-corrected chi connectivity index (χ2v) is 10.7. The number of halogens is 2. The van der Waals surface area contributed by atoms with Gasteiger partial charge in [-0.25, -0.2) is 23.6 Å². The van der Waals surface area contributed by atoms with Crippen LogP contribution in [-0.2, 0) is 29.2 Å². The van der Waals surface area contributed by atoms with Crippen molar-refractivity contribution in [2.24, 2.45) is 0 Å². The number of carboxylic acid groups (broad SMARTS) is 1. The summed E-state index contributed by atoms with van der Waals surface area (Å²) in [6.45, 7) is 8.89. The first kappa shape index (κ1) is 27.9. The molecule has 0 radical (unpaired) electrons. The normalized spacial score (nSPS) is 21.8. The molecule has 1 fully saturated rings. The summed E-state index contributed by atoms with van der Waals surface area (Å²) in [5, 5.41) is 11.3. The van der Waals surface area contributed by atoms with Gasteiger partial charge < -0.3 is 14.4 Å². The van der Waals surface area contributed by atoms with Gasteiger partial charge in [0, 0.05) is 43.8 Å². The summed E-state index contributed by atoms with van der Waals surface area (Å²) in [4.78, 5) is 38.2. The second-order valence-electron chi connectivity index (χ2n) is 10.7. The van der Waals surface area contributed by atoms with Gasteiger partial charge in [0.2, 0.25) is 5.82 Å². The summed E-state index contributed by atoms with van der Waals surface area (Å²) in [6, 6.07) is 2.16. The summed E-state index contributed by atoms with van der Waals surface area (Å²) < 4.78 is 36.9. The first-order valence-electron chi connectivity index (χ1n) is 12.6. The molecule has 3 atom stereocenters. The third-order valence-corrected chi connectivity index (χ3v) is 7.30. The Labute approximate surface area is 220 Å². The third kappa shape index (κ3) is 5.12. The van der Waals surface area contributed by atoms with E-state index in [0.29, 0.717) is 31.9 Å². The average molecular weight is 536 g/mol. The maximum atomic E-state index is 14.8. The first-order chi connectivity index (χ1) is 17.9. The Hall–Kier alpha value is -3.09. The molecular formula is C26H35F2N5O5. The molecule has 1 saturated heterocycles. The molecule has 2 amide bonds. The number of hydrogen-bond donors (Lipinski definition) is 1. The van der Waals surface area contributed by atoms with Gasteiger partial charge in [-0.15, -0.1) is 0 Å². The fraction of sp³-hybridized carbons (Fsp3) is 0.577. The number of imidazole rings is 1. The molecule has 1 aromatic heterocycles. The number of hydrogen-bond acceptors (Lipinski definition) is 6. The van der Waals surface area contributed by atoms with E-state index in [1.807, 2.05) is 11.5 Å². The molecule has 38 heavy (non-hydrogen) atoms. The maximum Gasteiger partial charge on any atom is 0.408 e. The number of hydroxylamine groups is 2. The lowest BCUT2D eigenvalue weighted by Gasteiger charge is -2.48. The van der Waals surface area contributed by atoms with Gasteiger partial charge in [-0.2, -0.15) is 0 Å². The second kappa shape index (κ2) is 10.6. The molecule has 12 heteroatoms. The Balaban J connectivity index is 1.63. The Morgan fingerprint density at radius 3 is 2.58 bits per heavy atom. The van der Waals surface area contributed by atoms with Crippen LogP contribution in [-0.4, -0.2) is 79.9 Å². The Bertz CT molecular complexity index is 1210. The van der Waals surface area contributed by atoms with Crippen molar-refractivity contribution in [2.75, 3.05) is 20.8 Å². The Kier molecular flexibility index (Phi) is 7.78. The number of carbonyl (C=O) groups is 2. The van der Waals surface area contributed by atoms with Crippen LogP contribution in [0.4, 0.5) is 13.6 Å². The minimum Gasteiger partial charge on any atom is -0.465 e. The van der Waals surface area contributed by atoms with Gasteiger partial charge in [0.15, 0.2) is 0 Å². The quantitative estimate of drug-likeness (QED) is 0.562. The minimum atomic E-state index is -1.16. The number of ether oxygens (including phenoxy) is 1. The summed E-state index contributed by atoms with van der Waals surface area (Å²) in [7, 11) is 2.93. The molecule has 0 bridgehead atoms. The van der Waals surface area contributed by atoms with Gasteiger partial charge in [0.05, 0.1) is 31.1 Å². The molecule has 2 aliphatic heterocycles. The highest BCUT2D eigenvalue weighted by molar-refractivity contribution is 5.90. The van der Waals surface area contributed by atoms with Gasteiger partial charge in [0.1, 0.15) is 17.7 Å². The fourth-order valence-corrected chi connectivity index (χ4v) is 5.51. The van der Waals surface area contributed by atoms with E-state index < -0.39 is 35.4 Å². The smallest absolute Gasteiger partial charge is 0.408 e. The number of amides is 2. The van der Waals surface area contributed by atoms with Crippen molar-refractivity contribution in [3.8, 4) is 0 Å². The van der Waals surface area contributed by atoms with Crippen molar-refractivity contribution in [3.05, 3.63) is 52.6 Å². The van der Waals surface area contributed by atoms with Gasteiger partial charge in [-0.1, -0.05) is 0 Å². The van der Waals surface area contributed by atoms with E-state index >= 15 is 0 Å². The zero-order chi connectivity index (χ0) is 27.9. The van der Waals surface area contributed by atoms with E-state index in [2.05, 4.69) is 9.88 Å². The number of aromatic nitrogens is 2. The van der Waals surface area contributed by atoms with Crippen LogP contribution in [0.3, 0.4) is 0 Å². The predicted octanol–water partition coefficient (Wildman–Crippen LogP) is 3.81. The minimum absolute atomic E-state index is 0.00170. The molecule has 0 spiro atoms. The lowest BCUT2D eigenvalue weighted by atomic mass is 9.88. The highest BCUT2D eigenvalue weighted by Crippen LogP contribution is 2.39. The first-order valence-corrected chi connectivity index (χ1v) is 12.6. The van der Waals surface area contributed by atoms with Crippen molar-refractivity contribution in [1.82, 2.24) is 24.4 Å². The van der Waals surface area contributed by atoms with Crippen molar-refractivity contribution in [1.29, 1.82) is 0 Å². The third-order valence-electron chi connectivity index (χ3n) is 7.30. The summed E-state index contributed by atoms with van der Waals surface area (Å²) >= 11 is 0. The van der Waals surface area contributed by atoms with Crippen LogP contribution in [0.15, 0.2) is 18.2 Å². The molecule has 208 valence electrons. The Morgan fingerprint density at radius 2 is 1.97 bits per heavy atom. The topological polar surface area (TPSA) is 100 Å². The molecule has 10 nitrogen and oxygen atoms in total. The molecule has 3 heterocycles. The molecule has 0 unspecified atom stereocenters. The molecule has 0 saturated carbocycles. The van der Waals surface area contributed by atoms with Crippen LogP contribution in [0.1, 0.15) is 67.8 Å². The van der Waals surface area contributed by atoms with Crippen molar-refractivity contribution < 1.29 is 33.1 Å². The largest absolute Gasteiger partial charge is 0.465 e. The number of nitrogens with zero attached hydrogens (tertiary/aromatic N) is 5. The standard InChI is InChI=1S/C26H35F2N5O5/c1-7-32-21-13-31(12-19(21)29-23(32)24(34)30(5)37-6)16-11-20(33(25(35)36)26(2,3)4)22(38-14-16)17-10-15(27)8-9-18(17)28/h8-10,16,20,22H,7,11-14H2,1-6H3,(H,35,36)/t16-,20+,22-/m1/s1. The van der Waals surface area contributed by atoms with E-state index in [1.165, 1.54) is 19.1 Å². The molecular weight excluding hydrogens is 500 g/mol. The number of fused-ring (bicyclic) bond motifs is 1. The molecule has 1 N–H and O–H groups in total. The zero-order valence-electron chi connectivity index (χ0n) is 22.6. The zero-order valence-corrected chi connectivity index (χ0v) is 22.6. The molecule has 2 aliphatic rings. The highest BCUT2D eigenvalue weighted by Gasteiger charge is 2.46. The highest BCUT2D eigenvalue weighted by atomic mass is 19.1. The van der Waals surface area contributed by atoms with Crippen LogP contribution in [0, 0.1) is 11.6 Å².